The van der Waals surface area contributed by atoms with Gasteiger partial charge in [-0.15, -0.1) is 0 Å². The zero-order valence-electron chi connectivity index (χ0n) is 17.4. The van der Waals surface area contributed by atoms with Crippen LogP contribution in [0.5, 0.6) is 0 Å². The van der Waals surface area contributed by atoms with Crippen molar-refractivity contribution >= 4 is 33.4 Å². The summed E-state index contributed by atoms with van der Waals surface area (Å²) in [6.45, 7) is 0. The number of rotatable bonds is 4. The average molecular weight is 430 g/mol. The van der Waals surface area contributed by atoms with E-state index in [0.29, 0.717) is 11.3 Å². The summed E-state index contributed by atoms with van der Waals surface area (Å²) >= 11 is 0. The Balaban J connectivity index is 1.36. The van der Waals surface area contributed by atoms with Crippen LogP contribution in [0.3, 0.4) is 0 Å². The zero-order chi connectivity index (χ0) is 22.2. The normalized spacial score (nSPS) is 11.2. The number of nitrogens with one attached hydrogen (secondary N) is 3. The number of carbonyl (C=O) groups excluding carboxylic acids is 1. The van der Waals surface area contributed by atoms with E-state index in [1.54, 1.807) is 30.7 Å². The summed E-state index contributed by atoms with van der Waals surface area (Å²) in [5, 5.41) is 12.6. The van der Waals surface area contributed by atoms with Crippen molar-refractivity contribution < 1.29 is 4.79 Å². The minimum absolute atomic E-state index is 0.186. The summed E-state index contributed by atoms with van der Waals surface area (Å²) in [4.78, 5) is 24.8. The van der Waals surface area contributed by atoms with Crippen molar-refractivity contribution in [3.63, 3.8) is 0 Å². The van der Waals surface area contributed by atoms with Crippen molar-refractivity contribution in [2.75, 3.05) is 5.32 Å². The molecule has 0 bridgehead atoms. The fraction of sp³-hybridized carbons (Fsp3) is 0. The maximum absolute atomic E-state index is 12.5. The molecule has 0 saturated carbocycles. The molecule has 0 unspecified atom stereocenters. The second-order valence-corrected chi connectivity index (χ2v) is 7.74. The summed E-state index contributed by atoms with van der Waals surface area (Å²) < 4.78 is 0. The lowest BCUT2D eigenvalue weighted by Gasteiger charge is -2.07. The molecule has 0 atom stereocenters. The Kier molecular flexibility index (Phi) is 4.43. The van der Waals surface area contributed by atoms with Crippen molar-refractivity contribution in [2.45, 2.75) is 0 Å². The summed E-state index contributed by atoms with van der Waals surface area (Å²) in [7, 11) is 0. The second-order valence-electron chi connectivity index (χ2n) is 7.74. The maximum Gasteiger partial charge on any atom is 0.255 e. The fourth-order valence-electron chi connectivity index (χ4n) is 3.92. The summed E-state index contributed by atoms with van der Waals surface area (Å²) in [5.74, 6) is -0.186. The highest BCUT2D eigenvalue weighted by Crippen LogP contribution is 2.31. The number of fused-ring (bicyclic) bond motifs is 2. The van der Waals surface area contributed by atoms with E-state index in [1.807, 2.05) is 48.5 Å². The van der Waals surface area contributed by atoms with Gasteiger partial charge in [0.05, 0.1) is 35.0 Å². The van der Waals surface area contributed by atoms with Crippen molar-refractivity contribution in [1.29, 1.82) is 0 Å². The summed E-state index contributed by atoms with van der Waals surface area (Å²) in [6, 6.07) is 23.2. The third-order valence-corrected chi connectivity index (χ3v) is 5.56. The van der Waals surface area contributed by atoms with E-state index in [4.69, 9.17) is 0 Å². The highest BCUT2D eigenvalue weighted by molar-refractivity contribution is 6.04. The van der Waals surface area contributed by atoms with Gasteiger partial charge in [0.2, 0.25) is 0 Å². The van der Waals surface area contributed by atoms with Gasteiger partial charge in [0, 0.05) is 33.6 Å². The Bertz CT molecular complexity index is 1580. The quantitative estimate of drug-likeness (QED) is 0.348. The highest BCUT2D eigenvalue weighted by Gasteiger charge is 2.14. The van der Waals surface area contributed by atoms with Crippen molar-refractivity contribution in [3.8, 4) is 22.6 Å². The molecule has 6 aromatic rings. The van der Waals surface area contributed by atoms with Gasteiger partial charge in [0.1, 0.15) is 5.69 Å². The predicted molar refractivity (Wildman–Crippen MR) is 129 cm³/mol. The molecule has 33 heavy (non-hydrogen) atoms. The maximum atomic E-state index is 12.5. The molecule has 158 valence electrons. The molecule has 0 radical (unpaired) electrons. The molecule has 2 aromatic carbocycles. The van der Waals surface area contributed by atoms with Gasteiger partial charge in [-0.05, 0) is 36.4 Å². The molecule has 4 heterocycles. The van der Waals surface area contributed by atoms with E-state index in [-0.39, 0.29) is 5.91 Å². The van der Waals surface area contributed by atoms with Crippen molar-refractivity contribution in [2.24, 2.45) is 0 Å². The Morgan fingerprint density at radius 2 is 1.70 bits per heavy atom. The van der Waals surface area contributed by atoms with E-state index in [9.17, 15) is 4.79 Å². The predicted octanol–water partition coefficient (Wildman–Crippen LogP) is 5.42. The van der Waals surface area contributed by atoms with Crippen LogP contribution >= 0.6 is 0 Å². The lowest BCUT2D eigenvalue weighted by atomic mass is 10.1. The van der Waals surface area contributed by atoms with E-state index in [0.717, 1.165) is 44.5 Å². The van der Waals surface area contributed by atoms with Crippen LogP contribution in [-0.4, -0.2) is 31.1 Å². The Morgan fingerprint density at radius 1 is 0.848 bits per heavy atom. The van der Waals surface area contributed by atoms with Gasteiger partial charge in [0.15, 0.2) is 0 Å². The van der Waals surface area contributed by atoms with Gasteiger partial charge in [0.25, 0.3) is 5.91 Å². The molecule has 1 amide bonds. The lowest BCUT2D eigenvalue weighted by molar-refractivity contribution is 0.102. The molecule has 0 aliphatic carbocycles. The SMILES string of the molecule is O=C(Nc1cncc(-c2cc3c(-c4cc5ccccc5[nH]4)n[nH]c3cn2)c1)c1ccccc1. The number of para-hydroxylation sites is 1. The molecule has 0 spiro atoms. The van der Waals surface area contributed by atoms with Crippen LogP contribution in [0.25, 0.3) is 44.5 Å². The third-order valence-electron chi connectivity index (χ3n) is 5.56. The first-order chi connectivity index (χ1) is 16.2. The van der Waals surface area contributed by atoms with Crippen molar-refractivity contribution in [1.82, 2.24) is 25.1 Å². The molecule has 0 aliphatic heterocycles. The number of hydrogen-bond acceptors (Lipinski definition) is 4. The molecule has 3 N–H and O–H groups in total. The number of amides is 1. The van der Waals surface area contributed by atoms with Crippen LogP contribution in [0.2, 0.25) is 0 Å². The molecular weight excluding hydrogens is 412 g/mol. The number of pyridine rings is 2. The Morgan fingerprint density at radius 3 is 2.58 bits per heavy atom. The standard InChI is InChI=1S/C26H18N6O/c33-26(16-6-2-1-3-7-16)29-19-10-18(13-27-14-19)22-12-20-24(15-28-22)31-32-25(20)23-11-17-8-4-5-9-21(17)30-23/h1-15,30H,(H,29,33)(H,31,32). The molecule has 0 aliphatic rings. The third kappa shape index (κ3) is 3.51. The van der Waals surface area contributed by atoms with E-state index < -0.39 is 0 Å². The zero-order valence-corrected chi connectivity index (χ0v) is 17.4. The number of benzene rings is 2. The first kappa shape index (κ1) is 18.9. The molecule has 6 rings (SSSR count). The summed E-state index contributed by atoms with van der Waals surface area (Å²) in [5.41, 5.74) is 6.39. The average Bonchev–Trinajstić information content (AvgIpc) is 3.48. The highest BCUT2D eigenvalue weighted by atomic mass is 16.1. The number of aromatic amines is 2. The van der Waals surface area contributed by atoms with Crippen LogP contribution in [0, 0.1) is 0 Å². The van der Waals surface area contributed by atoms with E-state index in [2.05, 4.69) is 42.6 Å². The largest absolute Gasteiger partial charge is 0.353 e. The first-order valence-corrected chi connectivity index (χ1v) is 10.5. The topological polar surface area (TPSA) is 99.4 Å². The van der Waals surface area contributed by atoms with Gasteiger partial charge in [-0.1, -0.05) is 36.4 Å². The van der Waals surface area contributed by atoms with Crippen LogP contribution in [-0.2, 0) is 0 Å². The van der Waals surface area contributed by atoms with E-state index in [1.165, 1.54) is 0 Å². The first-order valence-electron chi connectivity index (χ1n) is 10.5. The van der Waals surface area contributed by atoms with Crippen LogP contribution in [0.1, 0.15) is 10.4 Å². The van der Waals surface area contributed by atoms with Crippen LogP contribution < -0.4 is 5.32 Å². The minimum Gasteiger partial charge on any atom is -0.353 e. The van der Waals surface area contributed by atoms with Gasteiger partial charge in [-0.2, -0.15) is 5.10 Å². The monoisotopic (exact) mass is 430 g/mol. The minimum atomic E-state index is -0.186. The van der Waals surface area contributed by atoms with Gasteiger partial charge in [-0.25, -0.2) is 0 Å². The smallest absolute Gasteiger partial charge is 0.255 e. The van der Waals surface area contributed by atoms with Gasteiger partial charge >= 0.3 is 0 Å². The molecule has 4 aromatic heterocycles. The Labute approximate surface area is 188 Å². The molecular formula is C26H18N6O. The van der Waals surface area contributed by atoms with Crippen LogP contribution in [0.15, 0.2) is 91.4 Å². The molecule has 0 fully saturated rings. The van der Waals surface area contributed by atoms with Gasteiger partial charge < -0.3 is 10.3 Å². The number of nitrogens with zero attached hydrogens (tertiary/aromatic N) is 3. The van der Waals surface area contributed by atoms with Gasteiger partial charge in [-0.3, -0.25) is 19.9 Å². The fourth-order valence-corrected chi connectivity index (χ4v) is 3.92. The Hall–Kier alpha value is -4.78. The molecule has 7 nitrogen and oxygen atoms in total. The molecule has 7 heteroatoms. The van der Waals surface area contributed by atoms with Crippen LogP contribution in [0.4, 0.5) is 5.69 Å². The number of aromatic nitrogens is 5. The number of H-pyrrole nitrogens is 2. The lowest BCUT2D eigenvalue weighted by Crippen LogP contribution is -2.11. The van der Waals surface area contributed by atoms with Crippen molar-refractivity contribution in [3.05, 3.63) is 97.0 Å². The second kappa shape index (κ2) is 7.72. The van der Waals surface area contributed by atoms with E-state index >= 15 is 0 Å². The number of anilines is 1. The number of hydrogen-bond donors (Lipinski definition) is 3. The number of carbonyl (C=O) groups is 1. The molecule has 0 saturated heterocycles. The summed E-state index contributed by atoms with van der Waals surface area (Å²) in [6.07, 6.45) is 5.12.